The van der Waals surface area contributed by atoms with Gasteiger partial charge in [-0.15, -0.1) is 0 Å². The van der Waals surface area contributed by atoms with Crippen LogP contribution in [0.5, 0.6) is 0 Å². The van der Waals surface area contributed by atoms with Crippen molar-refractivity contribution >= 4 is 29.5 Å². The third-order valence-electron chi connectivity index (χ3n) is 2.13. The summed E-state index contributed by atoms with van der Waals surface area (Å²) in [6.45, 7) is 1.61. The van der Waals surface area contributed by atoms with Gasteiger partial charge in [-0.05, 0) is 31.8 Å². The van der Waals surface area contributed by atoms with Gasteiger partial charge in [0, 0.05) is 25.4 Å². The van der Waals surface area contributed by atoms with Gasteiger partial charge in [-0.1, -0.05) is 11.6 Å². The number of anilines is 1. The Bertz CT molecular complexity index is 447. The number of nitrogens with zero attached hydrogens (tertiary/aromatic N) is 2. The van der Waals surface area contributed by atoms with Crippen LogP contribution in [0.4, 0.5) is 5.82 Å². The maximum absolute atomic E-state index is 10.4. The first-order valence-electron chi connectivity index (χ1n) is 5.44. The standard InChI is InChI=1S/C12H16ClN3O2/c1-16(2)6-5-14-12-10(13)7-9(8-15-12)3-4-11(17)18/h3-4,7-8H,5-6H2,1-2H3,(H,14,15)(H,17,18). The summed E-state index contributed by atoms with van der Waals surface area (Å²) in [6.07, 6.45) is 4.07. The predicted octanol–water partition coefficient (Wildman–Crippen LogP) is 1.81. The van der Waals surface area contributed by atoms with Crippen LogP contribution in [0.25, 0.3) is 6.08 Å². The maximum Gasteiger partial charge on any atom is 0.328 e. The summed E-state index contributed by atoms with van der Waals surface area (Å²) in [6, 6.07) is 1.67. The molecule has 0 atom stereocenters. The summed E-state index contributed by atoms with van der Waals surface area (Å²) in [4.78, 5) is 16.6. The molecule has 0 fully saturated rings. The first kappa shape index (κ1) is 14.5. The lowest BCUT2D eigenvalue weighted by molar-refractivity contribution is -0.131. The van der Waals surface area contributed by atoms with Crippen LogP contribution < -0.4 is 5.32 Å². The molecule has 0 radical (unpaired) electrons. The van der Waals surface area contributed by atoms with Crippen LogP contribution in [0.3, 0.4) is 0 Å². The van der Waals surface area contributed by atoms with E-state index in [0.29, 0.717) is 16.4 Å². The van der Waals surface area contributed by atoms with Crippen LogP contribution in [0.15, 0.2) is 18.3 Å². The van der Waals surface area contributed by atoms with E-state index in [1.807, 2.05) is 19.0 Å². The Morgan fingerprint density at radius 1 is 1.61 bits per heavy atom. The summed E-state index contributed by atoms with van der Waals surface area (Å²) in [5.41, 5.74) is 0.653. The second-order valence-electron chi connectivity index (χ2n) is 4.00. The number of halogens is 1. The van der Waals surface area contributed by atoms with Gasteiger partial charge < -0.3 is 15.3 Å². The number of aromatic nitrogens is 1. The largest absolute Gasteiger partial charge is 0.478 e. The molecule has 98 valence electrons. The number of carbonyl (C=O) groups is 1. The van der Waals surface area contributed by atoms with Crippen LogP contribution in [-0.2, 0) is 4.79 Å². The van der Waals surface area contributed by atoms with Crippen LogP contribution in [0.2, 0.25) is 5.02 Å². The third-order valence-corrected chi connectivity index (χ3v) is 2.42. The normalized spacial score (nSPS) is 11.1. The smallest absolute Gasteiger partial charge is 0.328 e. The highest BCUT2D eigenvalue weighted by atomic mass is 35.5. The van der Waals surface area contributed by atoms with Gasteiger partial charge >= 0.3 is 5.97 Å². The molecule has 0 aromatic carbocycles. The van der Waals surface area contributed by atoms with Crippen LogP contribution in [-0.4, -0.2) is 48.1 Å². The number of rotatable bonds is 6. The van der Waals surface area contributed by atoms with E-state index in [4.69, 9.17) is 16.7 Å². The van der Waals surface area contributed by atoms with Gasteiger partial charge in [-0.2, -0.15) is 0 Å². The number of carboxylic acids is 1. The summed E-state index contributed by atoms with van der Waals surface area (Å²) < 4.78 is 0. The monoisotopic (exact) mass is 269 g/mol. The number of nitrogens with one attached hydrogen (secondary N) is 1. The van der Waals surface area contributed by atoms with E-state index in [-0.39, 0.29) is 0 Å². The number of likely N-dealkylation sites (N-methyl/N-ethyl adjacent to an activating group) is 1. The SMILES string of the molecule is CN(C)CCNc1ncc(C=CC(=O)O)cc1Cl. The molecule has 0 bridgehead atoms. The number of hydrogen-bond donors (Lipinski definition) is 2. The lowest BCUT2D eigenvalue weighted by atomic mass is 10.2. The molecule has 1 aromatic heterocycles. The second kappa shape index (κ2) is 6.98. The highest BCUT2D eigenvalue weighted by Crippen LogP contribution is 2.20. The molecule has 18 heavy (non-hydrogen) atoms. The molecule has 0 saturated carbocycles. The van der Waals surface area contributed by atoms with E-state index >= 15 is 0 Å². The molecular weight excluding hydrogens is 254 g/mol. The van der Waals surface area contributed by atoms with Crippen molar-refractivity contribution < 1.29 is 9.90 Å². The first-order valence-corrected chi connectivity index (χ1v) is 5.82. The van der Waals surface area contributed by atoms with Crippen molar-refractivity contribution in [3.63, 3.8) is 0 Å². The Morgan fingerprint density at radius 2 is 2.33 bits per heavy atom. The predicted molar refractivity (Wildman–Crippen MR) is 73.0 cm³/mol. The molecular formula is C12H16ClN3O2. The zero-order valence-electron chi connectivity index (χ0n) is 10.4. The Morgan fingerprint density at radius 3 is 2.89 bits per heavy atom. The van der Waals surface area contributed by atoms with Crippen molar-refractivity contribution in [1.29, 1.82) is 0 Å². The molecule has 5 nitrogen and oxygen atoms in total. The zero-order valence-corrected chi connectivity index (χ0v) is 11.1. The average molecular weight is 270 g/mol. The Labute approximate surface area is 111 Å². The lowest BCUT2D eigenvalue weighted by Crippen LogP contribution is -2.21. The van der Waals surface area contributed by atoms with E-state index in [2.05, 4.69) is 10.3 Å². The molecule has 0 aliphatic carbocycles. The molecule has 0 aliphatic heterocycles. The molecule has 0 unspecified atom stereocenters. The minimum atomic E-state index is -1.00. The van der Waals surface area contributed by atoms with Crippen LogP contribution >= 0.6 is 11.6 Å². The molecule has 2 N–H and O–H groups in total. The number of hydrogen-bond acceptors (Lipinski definition) is 4. The van der Waals surface area contributed by atoms with Crippen LogP contribution in [0, 0.1) is 0 Å². The molecule has 1 heterocycles. The first-order chi connectivity index (χ1) is 8.49. The maximum atomic E-state index is 10.4. The zero-order chi connectivity index (χ0) is 13.5. The molecule has 0 amide bonds. The second-order valence-corrected chi connectivity index (χ2v) is 4.41. The van der Waals surface area contributed by atoms with Gasteiger partial charge in [0.15, 0.2) is 0 Å². The molecule has 0 aliphatic rings. The molecule has 0 spiro atoms. The molecule has 0 saturated heterocycles. The quantitative estimate of drug-likeness (QED) is 0.771. The van der Waals surface area contributed by atoms with E-state index in [0.717, 1.165) is 19.2 Å². The fraction of sp³-hybridized carbons (Fsp3) is 0.333. The van der Waals surface area contributed by atoms with Gasteiger partial charge in [0.1, 0.15) is 5.82 Å². The van der Waals surface area contributed by atoms with Crippen LogP contribution in [0.1, 0.15) is 5.56 Å². The molecule has 1 rings (SSSR count). The van der Waals surface area contributed by atoms with Crippen molar-refractivity contribution in [2.75, 3.05) is 32.5 Å². The highest BCUT2D eigenvalue weighted by Gasteiger charge is 2.02. The Hall–Kier alpha value is -1.59. The molecule has 1 aromatic rings. The van der Waals surface area contributed by atoms with E-state index in [1.165, 1.54) is 6.08 Å². The van der Waals surface area contributed by atoms with Gasteiger partial charge in [-0.3, -0.25) is 0 Å². The summed E-state index contributed by atoms with van der Waals surface area (Å²) in [5, 5.41) is 12.1. The van der Waals surface area contributed by atoms with E-state index in [1.54, 1.807) is 12.3 Å². The number of carboxylic acid groups (broad SMARTS) is 1. The lowest BCUT2D eigenvalue weighted by Gasteiger charge is -2.11. The number of pyridine rings is 1. The topological polar surface area (TPSA) is 65.5 Å². The summed E-state index contributed by atoms with van der Waals surface area (Å²) >= 11 is 6.04. The van der Waals surface area contributed by atoms with Crippen molar-refractivity contribution in [3.05, 3.63) is 28.9 Å². The van der Waals surface area contributed by atoms with Crippen molar-refractivity contribution in [2.24, 2.45) is 0 Å². The minimum absolute atomic E-state index is 0.473. The van der Waals surface area contributed by atoms with Crippen molar-refractivity contribution in [1.82, 2.24) is 9.88 Å². The fourth-order valence-electron chi connectivity index (χ4n) is 1.24. The van der Waals surface area contributed by atoms with Gasteiger partial charge in [-0.25, -0.2) is 9.78 Å². The Kier molecular flexibility index (Phi) is 5.61. The van der Waals surface area contributed by atoms with E-state index in [9.17, 15) is 4.79 Å². The average Bonchev–Trinajstić information content (AvgIpc) is 2.28. The Balaban J connectivity index is 2.65. The van der Waals surface area contributed by atoms with Crippen molar-refractivity contribution in [3.8, 4) is 0 Å². The highest BCUT2D eigenvalue weighted by molar-refractivity contribution is 6.33. The van der Waals surface area contributed by atoms with Gasteiger partial charge in [0.2, 0.25) is 0 Å². The third kappa shape index (κ3) is 5.16. The molecule has 6 heteroatoms. The van der Waals surface area contributed by atoms with E-state index < -0.39 is 5.97 Å². The van der Waals surface area contributed by atoms with Crippen molar-refractivity contribution in [2.45, 2.75) is 0 Å². The summed E-state index contributed by atoms with van der Waals surface area (Å²) in [7, 11) is 3.97. The number of aliphatic carboxylic acids is 1. The minimum Gasteiger partial charge on any atom is -0.478 e. The van der Waals surface area contributed by atoms with Gasteiger partial charge in [0.05, 0.1) is 5.02 Å². The summed E-state index contributed by atoms with van der Waals surface area (Å²) in [5.74, 6) is -0.398. The van der Waals surface area contributed by atoms with Gasteiger partial charge in [0.25, 0.3) is 0 Å². The fourth-order valence-corrected chi connectivity index (χ4v) is 1.48.